The first-order valence-corrected chi connectivity index (χ1v) is 7.03. The van der Waals surface area contributed by atoms with Crippen LogP contribution in [0.1, 0.15) is 25.6 Å². The largest absolute Gasteiger partial charge is 0.212 e. The van der Waals surface area contributed by atoms with Gasteiger partial charge in [0.25, 0.3) is 0 Å². The number of benzene rings is 1. The Morgan fingerprint density at radius 2 is 2.00 bits per heavy atom. The van der Waals surface area contributed by atoms with Crippen molar-refractivity contribution < 1.29 is 4.39 Å². The van der Waals surface area contributed by atoms with Gasteiger partial charge in [-0.3, -0.25) is 0 Å². The lowest BCUT2D eigenvalue weighted by Gasteiger charge is -2.04. The maximum Gasteiger partial charge on any atom is 0.154 e. The smallest absolute Gasteiger partial charge is 0.154 e. The highest BCUT2D eigenvalue weighted by Gasteiger charge is 2.14. The molecule has 0 saturated heterocycles. The van der Waals surface area contributed by atoms with Crippen molar-refractivity contribution in [3.63, 3.8) is 0 Å². The van der Waals surface area contributed by atoms with E-state index in [1.54, 1.807) is 22.9 Å². The van der Waals surface area contributed by atoms with Crippen molar-refractivity contribution in [3.05, 3.63) is 35.9 Å². The number of para-hydroxylation sites is 1. The molecule has 17 heavy (non-hydrogen) atoms. The minimum Gasteiger partial charge on any atom is -0.212 e. The summed E-state index contributed by atoms with van der Waals surface area (Å²) in [4.78, 5) is 4.44. The third-order valence-electron chi connectivity index (χ3n) is 2.44. The van der Waals surface area contributed by atoms with Gasteiger partial charge in [-0.15, -0.1) is 0 Å². The van der Waals surface area contributed by atoms with Crippen molar-refractivity contribution in [2.75, 3.05) is 6.66 Å². The van der Waals surface area contributed by atoms with Crippen molar-refractivity contribution in [2.45, 2.75) is 19.8 Å². The summed E-state index contributed by atoms with van der Waals surface area (Å²) in [6.45, 7) is 6.08. The van der Waals surface area contributed by atoms with Gasteiger partial charge >= 0.3 is 0 Å². The number of aromatic nitrogens is 3. The van der Waals surface area contributed by atoms with Gasteiger partial charge in [0.2, 0.25) is 0 Å². The molecule has 2 aromatic rings. The topological polar surface area (TPSA) is 30.7 Å². The van der Waals surface area contributed by atoms with E-state index in [2.05, 4.69) is 10.1 Å². The summed E-state index contributed by atoms with van der Waals surface area (Å²) in [6, 6.07) is 6.64. The molecule has 1 unspecified atom stereocenters. The fourth-order valence-electron chi connectivity index (χ4n) is 1.53. The minimum atomic E-state index is -0.271. The van der Waals surface area contributed by atoms with E-state index >= 15 is 0 Å². The second-order valence-corrected chi connectivity index (χ2v) is 5.01. The van der Waals surface area contributed by atoms with E-state index in [4.69, 9.17) is 0 Å². The fraction of sp³-hybridized carbons (Fsp3) is 0.333. The van der Waals surface area contributed by atoms with Crippen molar-refractivity contribution >= 4 is 14.1 Å². The molecule has 0 aliphatic carbocycles. The number of nitrogens with zero attached hydrogens (tertiary/aromatic N) is 3. The first-order chi connectivity index (χ1) is 8.13. The molecule has 2 rings (SSSR count). The highest BCUT2D eigenvalue weighted by atomic mass is 31.1. The van der Waals surface area contributed by atoms with Crippen molar-refractivity contribution in [2.24, 2.45) is 0 Å². The predicted molar refractivity (Wildman–Crippen MR) is 69.3 cm³/mol. The van der Waals surface area contributed by atoms with Gasteiger partial charge in [0.1, 0.15) is 11.5 Å². The molecule has 0 aliphatic rings. The molecule has 90 valence electrons. The SMILES string of the molecule is CPc1nc(C(C)C)nn1-c1ccccc1F. The number of halogens is 1. The lowest BCUT2D eigenvalue weighted by atomic mass is 10.2. The summed E-state index contributed by atoms with van der Waals surface area (Å²) >= 11 is 0. The molecule has 0 fully saturated rings. The van der Waals surface area contributed by atoms with Crippen LogP contribution in [0.5, 0.6) is 0 Å². The highest BCUT2D eigenvalue weighted by Crippen LogP contribution is 2.16. The summed E-state index contributed by atoms with van der Waals surface area (Å²) in [7, 11) is 0.487. The monoisotopic (exact) mass is 251 g/mol. The quantitative estimate of drug-likeness (QED) is 0.784. The molecule has 0 aliphatic heterocycles. The van der Waals surface area contributed by atoms with Crippen LogP contribution in [-0.4, -0.2) is 21.4 Å². The highest BCUT2D eigenvalue weighted by molar-refractivity contribution is 7.45. The number of hydrogen-bond acceptors (Lipinski definition) is 2. The van der Waals surface area contributed by atoms with Crippen LogP contribution in [-0.2, 0) is 0 Å². The van der Waals surface area contributed by atoms with E-state index < -0.39 is 0 Å². The van der Waals surface area contributed by atoms with Gasteiger partial charge in [-0.2, -0.15) is 5.10 Å². The van der Waals surface area contributed by atoms with Crippen molar-refractivity contribution in [1.82, 2.24) is 14.8 Å². The first kappa shape index (κ1) is 12.2. The van der Waals surface area contributed by atoms with Crippen LogP contribution in [0.2, 0.25) is 0 Å². The Morgan fingerprint density at radius 1 is 1.29 bits per heavy atom. The number of rotatable bonds is 3. The summed E-state index contributed by atoms with van der Waals surface area (Å²) in [5, 5.41) is 4.38. The zero-order valence-corrected chi connectivity index (χ0v) is 11.1. The minimum absolute atomic E-state index is 0.248. The maximum absolute atomic E-state index is 13.7. The van der Waals surface area contributed by atoms with Gasteiger partial charge in [0.15, 0.2) is 11.4 Å². The van der Waals surface area contributed by atoms with Crippen LogP contribution in [0.3, 0.4) is 0 Å². The maximum atomic E-state index is 13.7. The van der Waals surface area contributed by atoms with Crippen molar-refractivity contribution in [1.29, 1.82) is 0 Å². The lowest BCUT2D eigenvalue weighted by molar-refractivity contribution is 0.610. The molecule has 1 heterocycles. The van der Waals surface area contributed by atoms with Crippen LogP contribution < -0.4 is 5.57 Å². The Kier molecular flexibility index (Phi) is 3.53. The predicted octanol–water partition coefficient (Wildman–Crippen LogP) is 2.46. The Labute approximate surface area is 102 Å². The van der Waals surface area contributed by atoms with Crippen LogP contribution >= 0.6 is 8.58 Å². The van der Waals surface area contributed by atoms with Gasteiger partial charge in [-0.1, -0.05) is 34.6 Å². The van der Waals surface area contributed by atoms with E-state index in [-0.39, 0.29) is 11.7 Å². The zero-order chi connectivity index (χ0) is 12.4. The zero-order valence-electron chi connectivity index (χ0n) is 10.1. The summed E-state index contributed by atoms with van der Waals surface area (Å²) in [5.41, 5.74) is 1.29. The summed E-state index contributed by atoms with van der Waals surface area (Å²) in [5.74, 6) is 0.739. The lowest BCUT2D eigenvalue weighted by Crippen LogP contribution is -2.14. The Morgan fingerprint density at radius 3 is 2.59 bits per heavy atom. The molecule has 0 amide bonds. The second kappa shape index (κ2) is 4.92. The molecule has 0 bridgehead atoms. The molecular formula is C12H15FN3P. The van der Waals surface area contributed by atoms with Gasteiger partial charge in [-0.25, -0.2) is 14.1 Å². The van der Waals surface area contributed by atoms with Gasteiger partial charge < -0.3 is 0 Å². The number of hydrogen-bond donors (Lipinski definition) is 0. The third-order valence-corrected chi connectivity index (χ3v) is 3.21. The van der Waals surface area contributed by atoms with Crippen LogP contribution in [0.25, 0.3) is 5.69 Å². The molecule has 0 N–H and O–H groups in total. The molecule has 1 atom stereocenters. The Bertz CT molecular complexity index is 522. The van der Waals surface area contributed by atoms with Crippen molar-refractivity contribution in [3.8, 4) is 5.69 Å². The van der Waals surface area contributed by atoms with Crippen LogP contribution in [0.15, 0.2) is 24.3 Å². The Hall–Kier alpha value is -1.28. The van der Waals surface area contributed by atoms with Crippen LogP contribution in [0, 0.1) is 5.82 Å². The van der Waals surface area contributed by atoms with Gasteiger partial charge in [0.05, 0.1) is 0 Å². The third kappa shape index (κ3) is 2.37. The van der Waals surface area contributed by atoms with Gasteiger partial charge in [0, 0.05) is 5.92 Å². The standard InChI is InChI=1S/C12H15FN3P/c1-8(2)11-14-12(17-3)16(15-11)10-7-5-4-6-9(10)13/h4-8,17H,1-3H3. The normalized spacial score (nSPS) is 11.8. The van der Waals surface area contributed by atoms with E-state index in [9.17, 15) is 4.39 Å². The molecule has 0 spiro atoms. The molecule has 1 aromatic heterocycles. The van der Waals surface area contributed by atoms with E-state index in [0.717, 1.165) is 11.4 Å². The summed E-state index contributed by atoms with van der Waals surface area (Å²) in [6.07, 6.45) is 0. The van der Waals surface area contributed by atoms with E-state index in [0.29, 0.717) is 14.3 Å². The van der Waals surface area contributed by atoms with E-state index in [1.807, 2.05) is 20.5 Å². The first-order valence-electron chi connectivity index (χ1n) is 5.53. The van der Waals surface area contributed by atoms with E-state index in [1.165, 1.54) is 6.07 Å². The second-order valence-electron chi connectivity index (χ2n) is 4.06. The van der Waals surface area contributed by atoms with Gasteiger partial charge in [-0.05, 0) is 18.8 Å². The Balaban J connectivity index is 2.55. The average Bonchev–Trinajstić information content (AvgIpc) is 2.73. The molecule has 5 heteroatoms. The molecule has 1 aromatic carbocycles. The average molecular weight is 251 g/mol. The molecule has 0 saturated carbocycles. The van der Waals surface area contributed by atoms with Crippen LogP contribution in [0.4, 0.5) is 4.39 Å². The summed E-state index contributed by atoms with van der Waals surface area (Å²) < 4.78 is 15.3. The molecule has 0 radical (unpaired) electrons. The molecule has 3 nitrogen and oxygen atoms in total. The molecular weight excluding hydrogens is 236 g/mol. The fourth-order valence-corrected chi connectivity index (χ4v) is 2.13.